The van der Waals surface area contributed by atoms with Crippen molar-refractivity contribution in [3.63, 3.8) is 0 Å². The van der Waals surface area contributed by atoms with Crippen LogP contribution in [0.3, 0.4) is 0 Å². The lowest BCUT2D eigenvalue weighted by molar-refractivity contribution is -0.132. The molecule has 0 bridgehead atoms. The highest BCUT2D eigenvalue weighted by atomic mass is 16.3. The van der Waals surface area contributed by atoms with E-state index in [9.17, 15) is 14.7 Å². The van der Waals surface area contributed by atoms with Gasteiger partial charge in [0.05, 0.1) is 0 Å². The van der Waals surface area contributed by atoms with Gasteiger partial charge in [-0.2, -0.15) is 4.79 Å². The van der Waals surface area contributed by atoms with Gasteiger partial charge in [-0.1, -0.05) is 18.2 Å². The summed E-state index contributed by atoms with van der Waals surface area (Å²) in [4.78, 5) is 25.3. The van der Waals surface area contributed by atoms with E-state index in [1.807, 2.05) is 6.07 Å². The predicted molar refractivity (Wildman–Crippen MR) is 85.2 cm³/mol. The van der Waals surface area contributed by atoms with Crippen molar-refractivity contribution in [3.8, 4) is 5.75 Å². The number of nitrogens with one attached hydrogen (secondary N) is 2. The van der Waals surface area contributed by atoms with Crippen LogP contribution in [0.4, 0.5) is 11.4 Å². The van der Waals surface area contributed by atoms with Crippen LogP contribution in [-0.4, -0.2) is 27.8 Å². The molecule has 0 aliphatic rings. The summed E-state index contributed by atoms with van der Waals surface area (Å²) in [6.07, 6.45) is 0.530. The molecule has 2 rings (SSSR count). The van der Waals surface area contributed by atoms with E-state index < -0.39 is 11.7 Å². The van der Waals surface area contributed by atoms with E-state index in [1.165, 1.54) is 0 Å². The highest BCUT2D eigenvalue weighted by Crippen LogP contribution is 2.17. The predicted octanol–water partition coefficient (Wildman–Crippen LogP) is 1.81. The van der Waals surface area contributed by atoms with Crippen molar-refractivity contribution >= 4 is 29.3 Å². The largest absolute Gasteiger partial charge is 0.508 e. The number of hydrogen-bond donors (Lipinski definition) is 3. The third-order valence-electron chi connectivity index (χ3n) is 2.95. The molecule has 0 aromatic heterocycles. The average molecular weight is 310 g/mol. The fraction of sp³-hybridized carbons (Fsp3) is 0.0625. The average Bonchev–Trinajstić information content (AvgIpc) is 2.55. The van der Waals surface area contributed by atoms with Crippen LogP contribution in [0.1, 0.15) is 5.56 Å². The number of aromatic hydroxyl groups is 1. The summed E-state index contributed by atoms with van der Waals surface area (Å²) in [5.41, 5.74) is 10.4. The first-order valence-corrected chi connectivity index (χ1v) is 6.73. The molecule has 7 nitrogen and oxygen atoms in total. The fourth-order valence-electron chi connectivity index (χ4n) is 1.83. The third-order valence-corrected chi connectivity index (χ3v) is 2.95. The number of anilines is 2. The van der Waals surface area contributed by atoms with E-state index in [-0.39, 0.29) is 5.75 Å². The molecule has 0 fully saturated rings. The van der Waals surface area contributed by atoms with E-state index in [4.69, 9.17) is 5.53 Å². The first kappa shape index (κ1) is 15.9. The lowest BCUT2D eigenvalue weighted by Gasteiger charge is -2.09. The van der Waals surface area contributed by atoms with Gasteiger partial charge in [-0.3, -0.25) is 9.59 Å². The molecule has 0 aliphatic heterocycles. The van der Waals surface area contributed by atoms with Crippen LogP contribution in [-0.2, 0) is 16.1 Å². The maximum atomic E-state index is 11.5. The lowest BCUT2D eigenvalue weighted by Crippen LogP contribution is -2.23. The molecule has 2 aromatic rings. The van der Waals surface area contributed by atoms with Crippen LogP contribution >= 0.6 is 0 Å². The molecule has 0 atom stereocenters. The third kappa shape index (κ3) is 4.80. The van der Waals surface area contributed by atoms with Crippen molar-refractivity contribution < 1.29 is 19.5 Å². The Balaban J connectivity index is 1.99. The number of phenols is 1. The number of hydrogen-bond acceptors (Lipinski definition) is 4. The zero-order valence-corrected chi connectivity index (χ0v) is 12.1. The van der Waals surface area contributed by atoms with Gasteiger partial charge < -0.3 is 21.3 Å². The number of ketones is 1. The van der Waals surface area contributed by atoms with Crippen molar-refractivity contribution in [3.05, 3.63) is 59.6 Å². The minimum Gasteiger partial charge on any atom is -0.508 e. The highest BCUT2D eigenvalue weighted by molar-refractivity contribution is 6.59. The summed E-state index contributed by atoms with van der Waals surface area (Å²) in [7, 11) is 0. The molecule has 116 valence electrons. The normalized spacial score (nSPS) is 9.57. The summed E-state index contributed by atoms with van der Waals surface area (Å²) in [5.74, 6) is -1.64. The second kappa shape index (κ2) is 7.53. The number of carbonyl (C=O) groups excluding carboxylic acids is 2. The van der Waals surface area contributed by atoms with Gasteiger partial charge in [-0.15, -0.1) is 0 Å². The zero-order valence-electron chi connectivity index (χ0n) is 12.1. The number of Topliss-reactive ketones (excluding diaryl/α,β-unsaturated/α-hetero) is 1. The monoisotopic (exact) mass is 310 g/mol. The van der Waals surface area contributed by atoms with Crippen molar-refractivity contribution in [2.45, 2.75) is 6.54 Å². The molecular weight excluding hydrogens is 296 g/mol. The Morgan fingerprint density at radius 3 is 2.52 bits per heavy atom. The molecule has 1 amide bonds. The number of amides is 1. The van der Waals surface area contributed by atoms with E-state index in [0.717, 1.165) is 11.3 Å². The second-order valence-electron chi connectivity index (χ2n) is 4.66. The Kier molecular flexibility index (Phi) is 5.22. The maximum Gasteiger partial charge on any atom is 0.333 e. The smallest absolute Gasteiger partial charge is 0.333 e. The molecule has 0 unspecified atom stereocenters. The topological polar surface area (TPSA) is 115 Å². The molecule has 2 aromatic carbocycles. The Morgan fingerprint density at radius 2 is 1.83 bits per heavy atom. The second-order valence-corrected chi connectivity index (χ2v) is 4.66. The molecular formula is C16H14N4O3. The van der Waals surface area contributed by atoms with Crippen LogP contribution < -0.4 is 10.6 Å². The number of benzene rings is 2. The molecule has 0 spiro atoms. The van der Waals surface area contributed by atoms with Crippen LogP contribution in [0.15, 0.2) is 48.5 Å². The molecule has 3 N–H and O–H groups in total. The van der Waals surface area contributed by atoms with Gasteiger partial charge in [0.1, 0.15) is 5.75 Å². The summed E-state index contributed by atoms with van der Waals surface area (Å²) < 4.78 is 0. The van der Waals surface area contributed by atoms with Gasteiger partial charge in [0, 0.05) is 17.9 Å². The van der Waals surface area contributed by atoms with E-state index >= 15 is 0 Å². The molecule has 0 aliphatic carbocycles. The highest BCUT2D eigenvalue weighted by Gasteiger charge is 2.15. The Hall–Kier alpha value is -3.44. The Bertz CT molecular complexity index is 765. The Morgan fingerprint density at radius 1 is 1.13 bits per heavy atom. The van der Waals surface area contributed by atoms with Crippen molar-refractivity contribution in [2.24, 2.45) is 0 Å². The van der Waals surface area contributed by atoms with Crippen molar-refractivity contribution in [1.82, 2.24) is 0 Å². The lowest BCUT2D eigenvalue weighted by atomic mass is 10.2. The molecule has 0 saturated heterocycles. The van der Waals surface area contributed by atoms with Gasteiger partial charge >= 0.3 is 17.9 Å². The molecule has 7 heteroatoms. The summed E-state index contributed by atoms with van der Waals surface area (Å²) >= 11 is 0. The fourth-order valence-corrected chi connectivity index (χ4v) is 1.83. The van der Waals surface area contributed by atoms with Crippen LogP contribution in [0, 0.1) is 0 Å². The number of nitrogens with zero attached hydrogens (tertiary/aromatic N) is 2. The van der Waals surface area contributed by atoms with Crippen LogP contribution in [0.2, 0.25) is 0 Å². The van der Waals surface area contributed by atoms with Gasteiger partial charge in [-0.25, -0.2) is 0 Å². The van der Waals surface area contributed by atoms with E-state index in [1.54, 1.807) is 42.5 Å². The Labute approximate surface area is 132 Å². The van der Waals surface area contributed by atoms with Crippen molar-refractivity contribution in [2.75, 3.05) is 10.6 Å². The number of carbonyl (C=O) groups is 2. The van der Waals surface area contributed by atoms with Gasteiger partial charge in [0.25, 0.3) is 0 Å². The first-order valence-electron chi connectivity index (χ1n) is 6.73. The minimum atomic E-state index is -0.949. The quantitative estimate of drug-likeness (QED) is 0.326. The van der Waals surface area contributed by atoms with E-state index in [2.05, 4.69) is 15.4 Å². The number of rotatable bonds is 6. The molecule has 0 heterocycles. The maximum absolute atomic E-state index is 11.5. The van der Waals surface area contributed by atoms with Crippen LogP contribution in [0.25, 0.3) is 5.53 Å². The van der Waals surface area contributed by atoms with Gasteiger partial charge in [0.2, 0.25) is 0 Å². The summed E-state index contributed by atoms with van der Waals surface area (Å²) in [6, 6.07) is 13.6. The number of phenolic OH excluding ortho intramolecular Hbond substituents is 1. The summed E-state index contributed by atoms with van der Waals surface area (Å²) in [6.45, 7) is 0.535. The molecule has 23 heavy (non-hydrogen) atoms. The van der Waals surface area contributed by atoms with E-state index in [0.29, 0.717) is 18.4 Å². The SMILES string of the molecule is [N-]=[N+]=CC(=O)C(=O)Nc1cccc(NCc2ccc(O)cc2)c1. The van der Waals surface area contributed by atoms with Crippen LogP contribution in [0.5, 0.6) is 5.75 Å². The van der Waals surface area contributed by atoms with Crippen molar-refractivity contribution in [1.29, 1.82) is 0 Å². The molecule has 0 radical (unpaired) electrons. The zero-order chi connectivity index (χ0) is 16.7. The standard InChI is InChI=1S/C16H14N4O3/c17-19-10-15(22)16(23)20-13-3-1-2-12(8-13)18-9-11-4-6-14(21)7-5-11/h1-8,10,18,21H,9H2,(H,20,23). The van der Waals surface area contributed by atoms with Gasteiger partial charge in [0.15, 0.2) is 0 Å². The minimum absolute atomic E-state index is 0.203. The van der Waals surface area contributed by atoms with Gasteiger partial charge in [-0.05, 0) is 35.9 Å². The summed E-state index contributed by atoms with van der Waals surface area (Å²) in [5, 5.41) is 14.8. The molecule has 0 saturated carbocycles. The first-order chi connectivity index (χ1) is 11.1.